The molecule has 41 heavy (non-hydrogen) atoms. The van der Waals surface area contributed by atoms with Gasteiger partial charge in [-0.15, -0.1) is 0 Å². The zero-order valence-electron chi connectivity index (χ0n) is 21.6. The highest BCUT2D eigenvalue weighted by atomic mass is 19.4. The van der Waals surface area contributed by atoms with Gasteiger partial charge in [-0.3, -0.25) is 14.9 Å². The number of nitrogens with zero attached hydrogens (tertiary/aromatic N) is 3. The Labute approximate surface area is 229 Å². The molecule has 2 heterocycles. The number of benzene rings is 2. The van der Waals surface area contributed by atoms with Gasteiger partial charge in [-0.2, -0.15) is 26.3 Å². The van der Waals surface area contributed by atoms with Gasteiger partial charge in [0.1, 0.15) is 0 Å². The summed E-state index contributed by atoms with van der Waals surface area (Å²) >= 11 is 0. The molecule has 2 amide bonds. The number of carbonyl (C=O) groups excluding carboxylic acids is 2. The number of likely N-dealkylation sites (N-methyl/N-ethyl adjacent to an activating group) is 1. The first-order valence-corrected chi connectivity index (χ1v) is 12.1. The molecule has 1 atom stereocenters. The third kappa shape index (κ3) is 7.10. The third-order valence-electron chi connectivity index (χ3n) is 6.26. The Morgan fingerprint density at radius 1 is 1.02 bits per heavy atom. The van der Waals surface area contributed by atoms with Crippen LogP contribution in [0.5, 0.6) is 0 Å². The zero-order valence-corrected chi connectivity index (χ0v) is 21.6. The van der Waals surface area contributed by atoms with E-state index < -0.39 is 46.9 Å². The van der Waals surface area contributed by atoms with Crippen molar-refractivity contribution in [2.75, 3.05) is 12.4 Å². The number of hydrogen-bond acceptors (Lipinski definition) is 4. The van der Waals surface area contributed by atoms with E-state index in [4.69, 9.17) is 0 Å². The van der Waals surface area contributed by atoms with E-state index in [1.807, 2.05) is 12.1 Å². The predicted molar refractivity (Wildman–Crippen MR) is 139 cm³/mol. The van der Waals surface area contributed by atoms with Gasteiger partial charge < -0.3 is 9.88 Å². The van der Waals surface area contributed by atoms with Crippen molar-refractivity contribution >= 4 is 28.7 Å². The molecule has 0 saturated heterocycles. The van der Waals surface area contributed by atoms with Gasteiger partial charge in [0.25, 0.3) is 5.91 Å². The number of aromatic amines is 1. The molecular formula is C28H23F6N5O2. The first-order chi connectivity index (χ1) is 19.2. The summed E-state index contributed by atoms with van der Waals surface area (Å²) in [5.41, 5.74) is -1.93. The maximum Gasteiger partial charge on any atom is 0.416 e. The molecule has 4 rings (SSSR count). The maximum atomic E-state index is 13.4. The maximum absolute atomic E-state index is 13.4. The number of hydrogen-bond donors (Lipinski definition) is 2. The van der Waals surface area contributed by atoms with Crippen LogP contribution in [-0.4, -0.2) is 44.8 Å². The highest BCUT2D eigenvalue weighted by Crippen LogP contribution is 2.36. The molecule has 2 aromatic carbocycles. The van der Waals surface area contributed by atoms with Crippen LogP contribution >= 0.6 is 0 Å². The highest BCUT2D eigenvalue weighted by Gasteiger charge is 2.38. The van der Waals surface area contributed by atoms with Crippen molar-refractivity contribution in [2.24, 2.45) is 0 Å². The van der Waals surface area contributed by atoms with Crippen molar-refractivity contribution in [3.63, 3.8) is 0 Å². The summed E-state index contributed by atoms with van der Waals surface area (Å²) in [5.74, 6) is -1.72. The van der Waals surface area contributed by atoms with Crippen LogP contribution in [0.3, 0.4) is 0 Å². The topological polar surface area (TPSA) is 91.0 Å². The summed E-state index contributed by atoms with van der Waals surface area (Å²) in [4.78, 5) is 38.0. The standard InChI is InChI=1S/C28H23F6N5O2/c1-16-9-10-35-26(37-16)38-24(40)8-7-21(13-18-15-36-23-6-4-3-5-22(18)23)39(2)25(41)17-11-19(27(29,30)31)14-20(12-17)28(32,33)34/h3-12,14-15,21,36H,13H2,1-2H3,(H,35,37,38,40). The molecule has 0 radical (unpaired) electrons. The van der Waals surface area contributed by atoms with Crippen molar-refractivity contribution in [1.29, 1.82) is 0 Å². The minimum absolute atomic E-state index is 0.0286. The van der Waals surface area contributed by atoms with Crippen molar-refractivity contribution < 1.29 is 35.9 Å². The van der Waals surface area contributed by atoms with Gasteiger partial charge in [0, 0.05) is 47.7 Å². The van der Waals surface area contributed by atoms with Gasteiger partial charge in [0.05, 0.1) is 17.2 Å². The molecule has 2 N–H and O–H groups in total. The Balaban J connectivity index is 1.68. The van der Waals surface area contributed by atoms with Gasteiger partial charge >= 0.3 is 12.4 Å². The molecule has 0 aliphatic rings. The van der Waals surface area contributed by atoms with Gasteiger partial charge in [-0.25, -0.2) is 9.97 Å². The normalized spacial score (nSPS) is 13.0. The Morgan fingerprint density at radius 3 is 2.32 bits per heavy atom. The molecule has 0 aliphatic carbocycles. The Hall–Kier alpha value is -4.68. The average molecular weight is 576 g/mol. The SMILES string of the molecule is Cc1ccnc(NC(=O)C=CC(Cc2c[nH]c3ccccc23)N(C)C(=O)c2cc(C(F)(F)F)cc(C(F)(F)F)c2)n1. The number of aryl methyl sites for hydroxylation is 1. The Bertz CT molecular complexity index is 1580. The molecule has 1 unspecified atom stereocenters. The Kier molecular flexibility index (Phi) is 8.17. The number of fused-ring (bicyclic) bond motifs is 1. The summed E-state index contributed by atoms with van der Waals surface area (Å²) in [6, 6.07) is 8.61. The first-order valence-electron chi connectivity index (χ1n) is 12.1. The van der Waals surface area contributed by atoms with Crippen molar-refractivity contribution in [3.05, 3.63) is 101 Å². The highest BCUT2D eigenvalue weighted by molar-refractivity contribution is 5.98. The lowest BCUT2D eigenvalue weighted by atomic mass is 10.0. The zero-order chi connectivity index (χ0) is 29.9. The molecule has 0 aliphatic heterocycles. The lowest BCUT2D eigenvalue weighted by Crippen LogP contribution is -2.37. The number of nitrogens with one attached hydrogen (secondary N) is 2. The van der Waals surface area contributed by atoms with Crippen molar-refractivity contribution in [1.82, 2.24) is 19.9 Å². The quantitative estimate of drug-likeness (QED) is 0.203. The summed E-state index contributed by atoms with van der Waals surface area (Å²) in [6.07, 6.45) is -4.59. The van der Waals surface area contributed by atoms with Gasteiger partial charge in [-0.1, -0.05) is 24.3 Å². The molecule has 13 heteroatoms. The molecular weight excluding hydrogens is 552 g/mol. The van der Waals surface area contributed by atoms with E-state index in [0.717, 1.165) is 21.9 Å². The Morgan fingerprint density at radius 2 is 1.68 bits per heavy atom. The molecule has 2 aromatic heterocycles. The minimum atomic E-state index is -5.12. The van der Waals surface area contributed by atoms with Crippen LogP contribution in [0.2, 0.25) is 0 Å². The molecule has 0 saturated carbocycles. The number of rotatable bonds is 7. The lowest BCUT2D eigenvalue weighted by molar-refractivity contribution is -0.143. The number of anilines is 1. The molecule has 0 fully saturated rings. The van der Waals surface area contributed by atoms with E-state index in [1.54, 1.807) is 31.3 Å². The van der Waals surface area contributed by atoms with Crippen LogP contribution in [0.25, 0.3) is 10.9 Å². The molecule has 214 valence electrons. The average Bonchev–Trinajstić information content (AvgIpc) is 3.31. The largest absolute Gasteiger partial charge is 0.416 e. The van der Waals surface area contributed by atoms with E-state index >= 15 is 0 Å². The van der Waals surface area contributed by atoms with E-state index in [0.29, 0.717) is 23.4 Å². The van der Waals surface area contributed by atoms with Gasteiger partial charge in [0.15, 0.2) is 0 Å². The first kappa shape index (κ1) is 29.3. The summed E-state index contributed by atoms with van der Waals surface area (Å²) in [5, 5.41) is 3.26. The number of alkyl halides is 6. The van der Waals surface area contributed by atoms with E-state index in [2.05, 4.69) is 20.3 Å². The summed E-state index contributed by atoms with van der Waals surface area (Å²) in [6.45, 7) is 1.70. The van der Waals surface area contributed by atoms with Crippen LogP contribution in [-0.2, 0) is 23.6 Å². The number of halogens is 6. The summed E-state index contributed by atoms with van der Waals surface area (Å²) in [7, 11) is 1.24. The second-order valence-electron chi connectivity index (χ2n) is 9.21. The van der Waals surface area contributed by atoms with Crippen LogP contribution in [0.15, 0.2) is 73.1 Å². The second kappa shape index (κ2) is 11.4. The van der Waals surface area contributed by atoms with Crippen LogP contribution in [0, 0.1) is 6.92 Å². The fraction of sp³-hybridized carbons (Fsp3) is 0.214. The number of para-hydroxylation sites is 1. The van der Waals surface area contributed by atoms with Gasteiger partial charge in [-0.05, 0) is 49.2 Å². The van der Waals surface area contributed by atoms with Crippen LogP contribution in [0.4, 0.5) is 32.3 Å². The van der Waals surface area contributed by atoms with Crippen LogP contribution < -0.4 is 5.32 Å². The number of H-pyrrole nitrogens is 1. The number of amides is 2. The van der Waals surface area contributed by atoms with E-state index in [-0.39, 0.29) is 18.4 Å². The number of aromatic nitrogens is 3. The van der Waals surface area contributed by atoms with Gasteiger partial charge in [0.2, 0.25) is 11.9 Å². The van der Waals surface area contributed by atoms with Crippen LogP contribution in [0.1, 0.15) is 32.7 Å². The fourth-order valence-corrected chi connectivity index (χ4v) is 4.15. The number of carbonyl (C=O) groups is 2. The minimum Gasteiger partial charge on any atom is -0.361 e. The second-order valence-corrected chi connectivity index (χ2v) is 9.21. The molecule has 7 nitrogen and oxygen atoms in total. The van der Waals surface area contributed by atoms with Crippen molar-refractivity contribution in [2.45, 2.75) is 31.7 Å². The smallest absolute Gasteiger partial charge is 0.361 e. The molecule has 0 bridgehead atoms. The van der Waals surface area contributed by atoms with Crippen molar-refractivity contribution in [3.8, 4) is 0 Å². The van der Waals surface area contributed by atoms with E-state index in [1.165, 1.54) is 19.3 Å². The third-order valence-corrected chi connectivity index (χ3v) is 6.26. The summed E-state index contributed by atoms with van der Waals surface area (Å²) < 4.78 is 80.5. The fourth-order valence-electron chi connectivity index (χ4n) is 4.15. The predicted octanol–water partition coefficient (Wildman–Crippen LogP) is 6.18. The lowest BCUT2D eigenvalue weighted by Gasteiger charge is -2.26. The molecule has 4 aromatic rings. The molecule has 0 spiro atoms. The monoisotopic (exact) mass is 575 g/mol. The van der Waals surface area contributed by atoms with E-state index in [9.17, 15) is 35.9 Å².